The van der Waals surface area contributed by atoms with E-state index in [0.717, 1.165) is 30.3 Å². The summed E-state index contributed by atoms with van der Waals surface area (Å²) in [6.07, 6.45) is -4.84. The number of ether oxygens (including phenoxy) is 1. The highest BCUT2D eigenvalue weighted by Gasteiger charge is 2.33. The summed E-state index contributed by atoms with van der Waals surface area (Å²) >= 11 is 0. The third-order valence-corrected chi connectivity index (χ3v) is 3.72. The van der Waals surface area contributed by atoms with Crippen molar-refractivity contribution >= 4 is 17.6 Å². The molecular formula is C18H14F4N2O5. The highest BCUT2D eigenvalue weighted by atomic mass is 19.4. The molecule has 0 saturated heterocycles. The van der Waals surface area contributed by atoms with Crippen LogP contribution in [0.15, 0.2) is 36.4 Å². The number of nitro benzene ring substituents is 1. The lowest BCUT2D eigenvalue weighted by Gasteiger charge is -2.14. The molecule has 2 aromatic rings. The van der Waals surface area contributed by atoms with Crippen LogP contribution in [0.5, 0.6) is 0 Å². The van der Waals surface area contributed by atoms with Gasteiger partial charge in [-0.3, -0.25) is 14.9 Å². The highest BCUT2D eigenvalue weighted by Crippen LogP contribution is 2.32. The molecule has 0 radical (unpaired) electrons. The Balaban J connectivity index is 2.30. The van der Waals surface area contributed by atoms with Crippen molar-refractivity contribution in [1.29, 1.82) is 0 Å². The lowest BCUT2D eigenvalue weighted by Crippen LogP contribution is -2.25. The second-order valence-electron chi connectivity index (χ2n) is 5.73. The molecule has 1 N–H and O–H groups in total. The molecule has 1 amide bonds. The van der Waals surface area contributed by atoms with Gasteiger partial charge < -0.3 is 10.1 Å². The molecule has 2 rings (SSSR count). The highest BCUT2D eigenvalue weighted by molar-refractivity contribution is 5.99. The molecule has 0 spiro atoms. The van der Waals surface area contributed by atoms with Gasteiger partial charge in [-0.15, -0.1) is 0 Å². The summed E-state index contributed by atoms with van der Waals surface area (Å²) in [4.78, 5) is 34.3. The molecular weight excluding hydrogens is 400 g/mol. The van der Waals surface area contributed by atoms with E-state index in [1.807, 2.05) is 0 Å². The van der Waals surface area contributed by atoms with E-state index in [1.165, 1.54) is 6.92 Å². The summed E-state index contributed by atoms with van der Waals surface area (Å²) in [7, 11) is 0. The number of benzene rings is 2. The standard InChI is InChI=1S/C18H14F4N2O5/c1-2-29-17(26)12-5-11(6-14(7-12)24(27)28)16(25)23-9-10-3-4-13(19)8-15(10)18(20,21)22/h3-8H,2,9H2,1H3,(H,23,25). The van der Waals surface area contributed by atoms with Crippen LogP contribution in [0.2, 0.25) is 0 Å². The average Bonchev–Trinajstić information content (AvgIpc) is 2.65. The summed E-state index contributed by atoms with van der Waals surface area (Å²) in [5.74, 6) is -2.95. The summed E-state index contributed by atoms with van der Waals surface area (Å²) in [6, 6.07) is 4.78. The zero-order valence-corrected chi connectivity index (χ0v) is 14.9. The average molecular weight is 414 g/mol. The fourth-order valence-corrected chi connectivity index (χ4v) is 2.42. The number of nitrogens with one attached hydrogen (secondary N) is 1. The van der Waals surface area contributed by atoms with Crippen LogP contribution in [0.3, 0.4) is 0 Å². The van der Waals surface area contributed by atoms with E-state index in [1.54, 1.807) is 0 Å². The normalized spacial score (nSPS) is 11.1. The van der Waals surface area contributed by atoms with Crippen molar-refractivity contribution in [2.24, 2.45) is 0 Å². The molecule has 0 aliphatic carbocycles. The second kappa shape index (κ2) is 8.67. The first-order valence-corrected chi connectivity index (χ1v) is 8.13. The number of rotatable bonds is 6. The predicted octanol–water partition coefficient (Wildman–Crippen LogP) is 3.86. The Morgan fingerprint density at radius 1 is 1.14 bits per heavy atom. The number of esters is 1. The van der Waals surface area contributed by atoms with Crippen LogP contribution in [-0.4, -0.2) is 23.4 Å². The molecule has 29 heavy (non-hydrogen) atoms. The van der Waals surface area contributed by atoms with Crippen LogP contribution in [0.25, 0.3) is 0 Å². The van der Waals surface area contributed by atoms with Gasteiger partial charge in [-0.05, 0) is 30.7 Å². The van der Waals surface area contributed by atoms with E-state index < -0.39 is 52.2 Å². The summed E-state index contributed by atoms with van der Waals surface area (Å²) in [5, 5.41) is 13.2. The number of hydrogen-bond donors (Lipinski definition) is 1. The zero-order valence-electron chi connectivity index (χ0n) is 14.9. The van der Waals surface area contributed by atoms with Gasteiger partial charge in [0, 0.05) is 24.2 Å². The van der Waals surface area contributed by atoms with Gasteiger partial charge in [0.05, 0.1) is 22.7 Å². The number of nitrogens with zero attached hydrogens (tertiary/aromatic N) is 1. The Hall–Kier alpha value is -3.50. The van der Waals surface area contributed by atoms with E-state index in [-0.39, 0.29) is 17.7 Å². The van der Waals surface area contributed by atoms with Crippen molar-refractivity contribution in [3.63, 3.8) is 0 Å². The van der Waals surface area contributed by atoms with Crippen molar-refractivity contribution in [3.05, 3.63) is 74.6 Å². The SMILES string of the molecule is CCOC(=O)c1cc(C(=O)NCc2ccc(F)cc2C(F)(F)F)cc([N+](=O)[O-])c1. The van der Waals surface area contributed by atoms with Gasteiger partial charge in [-0.25, -0.2) is 9.18 Å². The monoisotopic (exact) mass is 414 g/mol. The van der Waals surface area contributed by atoms with E-state index >= 15 is 0 Å². The van der Waals surface area contributed by atoms with Crippen molar-refractivity contribution in [1.82, 2.24) is 5.32 Å². The van der Waals surface area contributed by atoms with Gasteiger partial charge in [0.2, 0.25) is 0 Å². The molecule has 0 atom stereocenters. The molecule has 0 bridgehead atoms. The summed E-state index contributed by atoms with van der Waals surface area (Å²) < 4.78 is 57.0. The minimum absolute atomic E-state index is 0.00611. The maximum absolute atomic E-state index is 13.1. The Kier molecular flexibility index (Phi) is 6.52. The lowest BCUT2D eigenvalue weighted by molar-refractivity contribution is -0.384. The number of non-ortho nitro benzene ring substituents is 1. The van der Waals surface area contributed by atoms with Crippen molar-refractivity contribution in [3.8, 4) is 0 Å². The van der Waals surface area contributed by atoms with Gasteiger partial charge in [-0.2, -0.15) is 13.2 Å². The quantitative estimate of drug-likeness (QED) is 0.335. The first kappa shape index (κ1) is 21.8. The number of carbonyl (C=O) groups is 2. The second-order valence-corrected chi connectivity index (χ2v) is 5.73. The van der Waals surface area contributed by atoms with Crippen LogP contribution in [0.4, 0.5) is 23.2 Å². The van der Waals surface area contributed by atoms with Gasteiger partial charge in [0.1, 0.15) is 5.82 Å². The molecule has 0 aliphatic rings. The van der Waals surface area contributed by atoms with Gasteiger partial charge in [0.25, 0.3) is 11.6 Å². The molecule has 11 heteroatoms. The van der Waals surface area contributed by atoms with Crippen LogP contribution in [0, 0.1) is 15.9 Å². The van der Waals surface area contributed by atoms with E-state index in [4.69, 9.17) is 4.74 Å². The molecule has 7 nitrogen and oxygen atoms in total. The fourth-order valence-electron chi connectivity index (χ4n) is 2.42. The molecule has 0 heterocycles. The van der Waals surface area contributed by atoms with Crippen LogP contribution in [-0.2, 0) is 17.5 Å². The summed E-state index contributed by atoms with van der Waals surface area (Å²) in [6.45, 7) is 0.892. The predicted molar refractivity (Wildman–Crippen MR) is 91.6 cm³/mol. The number of nitro groups is 1. The van der Waals surface area contributed by atoms with Crippen molar-refractivity contribution < 1.29 is 36.8 Å². The molecule has 0 aliphatic heterocycles. The van der Waals surface area contributed by atoms with Crippen LogP contribution >= 0.6 is 0 Å². The number of carbonyl (C=O) groups excluding carboxylic acids is 2. The molecule has 0 unspecified atom stereocenters. The number of amides is 1. The minimum Gasteiger partial charge on any atom is -0.462 e. The molecule has 0 fully saturated rings. The van der Waals surface area contributed by atoms with E-state index in [9.17, 15) is 37.3 Å². The van der Waals surface area contributed by atoms with Gasteiger partial charge in [-0.1, -0.05) is 6.07 Å². The Morgan fingerprint density at radius 3 is 2.38 bits per heavy atom. The first-order valence-electron chi connectivity index (χ1n) is 8.13. The van der Waals surface area contributed by atoms with Crippen molar-refractivity contribution in [2.75, 3.05) is 6.61 Å². The zero-order chi connectivity index (χ0) is 21.8. The number of alkyl halides is 3. The summed E-state index contributed by atoms with van der Waals surface area (Å²) in [5.41, 5.74) is -2.81. The third kappa shape index (κ3) is 5.50. The molecule has 154 valence electrons. The minimum atomic E-state index is -4.84. The van der Waals surface area contributed by atoms with Gasteiger partial charge >= 0.3 is 12.1 Å². The third-order valence-electron chi connectivity index (χ3n) is 3.72. The van der Waals surface area contributed by atoms with E-state index in [2.05, 4.69) is 5.32 Å². The Labute approximate surface area is 161 Å². The van der Waals surface area contributed by atoms with Crippen molar-refractivity contribution in [2.45, 2.75) is 19.6 Å². The fraction of sp³-hybridized carbons (Fsp3) is 0.222. The molecule has 0 aromatic heterocycles. The lowest BCUT2D eigenvalue weighted by atomic mass is 10.1. The van der Waals surface area contributed by atoms with Gasteiger partial charge in [0.15, 0.2) is 0 Å². The maximum Gasteiger partial charge on any atom is 0.416 e. The smallest absolute Gasteiger partial charge is 0.416 e. The topological polar surface area (TPSA) is 98.5 Å². The Morgan fingerprint density at radius 2 is 1.79 bits per heavy atom. The maximum atomic E-state index is 13.1. The Bertz CT molecular complexity index is 960. The molecule has 2 aromatic carbocycles. The number of halogens is 4. The largest absolute Gasteiger partial charge is 0.462 e. The van der Waals surface area contributed by atoms with Crippen LogP contribution in [0.1, 0.15) is 38.8 Å². The first-order chi connectivity index (χ1) is 13.5. The van der Waals surface area contributed by atoms with E-state index in [0.29, 0.717) is 6.07 Å². The van der Waals surface area contributed by atoms with Crippen LogP contribution < -0.4 is 5.32 Å². The number of hydrogen-bond acceptors (Lipinski definition) is 5. The molecule has 0 saturated carbocycles.